The number of rotatable bonds is 5. The van der Waals surface area contributed by atoms with Crippen molar-refractivity contribution in [2.45, 2.75) is 39.2 Å². The molecule has 3 nitrogen and oxygen atoms in total. The lowest BCUT2D eigenvalue weighted by Crippen LogP contribution is -2.38. The maximum atomic E-state index is 12.1. The lowest BCUT2D eigenvalue weighted by Gasteiger charge is -2.29. The molecular weight excluding hydrogens is 238 g/mol. The van der Waals surface area contributed by atoms with E-state index in [-0.39, 0.29) is 17.9 Å². The van der Waals surface area contributed by atoms with Crippen molar-refractivity contribution in [3.05, 3.63) is 29.8 Å². The third-order valence-corrected chi connectivity index (χ3v) is 3.92. The van der Waals surface area contributed by atoms with Gasteiger partial charge < -0.3 is 10.1 Å². The second kappa shape index (κ2) is 6.09. The van der Waals surface area contributed by atoms with Crippen molar-refractivity contribution in [2.75, 3.05) is 7.11 Å². The van der Waals surface area contributed by atoms with Gasteiger partial charge in [0.1, 0.15) is 5.75 Å². The Morgan fingerprint density at radius 2 is 1.89 bits per heavy atom. The first-order valence-electron chi connectivity index (χ1n) is 7.06. The number of benzene rings is 1. The molecular formula is C16H23NO2. The van der Waals surface area contributed by atoms with E-state index in [4.69, 9.17) is 4.74 Å². The molecule has 1 saturated carbocycles. The van der Waals surface area contributed by atoms with E-state index < -0.39 is 0 Å². The molecule has 1 N–H and O–H groups in total. The molecule has 1 aromatic carbocycles. The van der Waals surface area contributed by atoms with Crippen LogP contribution in [0.25, 0.3) is 0 Å². The predicted octanol–water partition coefficient (Wildman–Crippen LogP) is 3.31. The van der Waals surface area contributed by atoms with E-state index >= 15 is 0 Å². The van der Waals surface area contributed by atoms with Crippen molar-refractivity contribution >= 4 is 5.91 Å². The summed E-state index contributed by atoms with van der Waals surface area (Å²) in [4.78, 5) is 12.1. The Kier molecular flexibility index (Phi) is 4.46. The first kappa shape index (κ1) is 13.9. The predicted molar refractivity (Wildman–Crippen MR) is 76.1 cm³/mol. The number of hydrogen-bond acceptors (Lipinski definition) is 2. The monoisotopic (exact) mass is 261 g/mol. The maximum Gasteiger partial charge on any atom is 0.223 e. The number of methoxy groups -OCH3 is 1. The number of nitrogens with one attached hydrogen (secondary N) is 1. The molecule has 19 heavy (non-hydrogen) atoms. The summed E-state index contributed by atoms with van der Waals surface area (Å²) in [5.74, 6) is 1.66. The zero-order valence-electron chi connectivity index (χ0n) is 12.0. The van der Waals surface area contributed by atoms with Crippen molar-refractivity contribution in [3.63, 3.8) is 0 Å². The average Bonchev–Trinajstić information content (AvgIpc) is 2.34. The van der Waals surface area contributed by atoms with Gasteiger partial charge in [0, 0.05) is 5.92 Å². The highest BCUT2D eigenvalue weighted by molar-refractivity contribution is 5.79. The summed E-state index contributed by atoms with van der Waals surface area (Å²) in [6.45, 7) is 4.27. The van der Waals surface area contributed by atoms with Crippen LogP contribution in [0.3, 0.4) is 0 Å². The van der Waals surface area contributed by atoms with E-state index in [1.165, 1.54) is 6.42 Å². The minimum absolute atomic E-state index is 0.0824. The molecule has 0 radical (unpaired) electrons. The highest BCUT2D eigenvalue weighted by Gasteiger charge is 2.28. The van der Waals surface area contributed by atoms with Gasteiger partial charge in [0.2, 0.25) is 5.91 Å². The van der Waals surface area contributed by atoms with Crippen LogP contribution in [0.5, 0.6) is 5.75 Å². The molecule has 3 heteroatoms. The largest absolute Gasteiger partial charge is 0.497 e. The standard InChI is InChI=1S/C16H23NO2/c1-11(2)15(17-16(18)13-5-4-6-13)12-7-9-14(19-3)10-8-12/h7-11,13,15H,4-6H2,1-3H3,(H,17,18). The van der Waals surface area contributed by atoms with Crippen LogP contribution in [0.15, 0.2) is 24.3 Å². The van der Waals surface area contributed by atoms with Gasteiger partial charge in [-0.2, -0.15) is 0 Å². The first-order valence-corrected chi connectivity index (χ1v) is 7.06. The van der Waals surface area contributed by atoms with Gasteiger partial charge in [0.05, 0.1) is 13.2 Å². The minimum atomic E-state index is 0.0824. The topological polar surface area (TPSA) is 38.3 Å². The molecule has 1 aliphatic carbocycles. The number of hydrogen-bond donors (Lipinski definition) is 1. The second-order valence-corrected chi connectivity index (χ2v) is 5.63. The number of carbonyl (C=O) groups is 1. The fraction of sp³-hybridized carbons (Fsp3) is 0.562. The van der Waals surface area contributed by atoms with Crippen LogP contribution in [0.1, 0.15) is 44.7 Å². The normalized spacial score (nSPS) is 16.8. The first-order chi connectivity index (χ1) is 9.11. The molecule has 0 saturated heterocycles. The number of amides is 1. The summed E-state index contributed by atoms with van der Waals surface area (Å²) in [7, 11) is 1.66. The Morgan fingerprint density at radius 1 is 1.26 bits per heavy atom. The molecule has 1 fully saturated rings. The Balaban J connectivity index is 2.07. The molecule has 1 unspecified atom stereocenters. The smallest absolute Gasteiger partial charge is 0.223 e. The van der Waals surface area contributed by atoms with Gasteiger partial charge in [-0.15, -0.1) is 0 Å². The van der Waals surface area contributed by atoms with Crippen molar-refractivity contribution in [3.8, 4) is 5.75 Å². The van der Waals surface area contributed by atoms with Crippen molar-refractivity contribution < 1.29 is 9.53 Å². The van der Waals surface area contributed by atoms with E-state index in [0.29, 0.717) is 5.92 Å². The molecule has 1 aromatic rings. The molecule has 0 spiro atoms. The van der Waals surface area contributed by atoms with Crippen LogP contribution in [-0.4, -0.2) is 13.0 Å². The fourth-order valence-corrected chi connectivity index (χ4v) is 2.39. The molecule has 0 heterocycles. The molecule has 0 aliphatic heterocycles. The summed E-state index contributed by atoms with van der Waals surface area (Å²) in [5, 5.41) is 3.19. The summed E-state index contributed by atoms with van der Waals surface area (Å²) in [6.07, 6.45) is 3.27. The summed E-state index contributed by atoms with van der Waals surface area (Å²) in [6, 6.07) is 8.04. The number of carbonyl (C=O) groups excluding carboxylic acids is 1. The Morgan fingerprint density at radius 3 is 2.32 bits per heavy atom. The average molecular weight is 261 g/mol. The van der Waals surface area contributed by atoms with Gasteiger partial charge in [-0.3, -0.25) is 4.79 Å². The Hall–Kier alpha value is -1.51. The van der Waals surface area contributed by atoms with Gasteiger partial charge in [0.25, 0.3) is 0 Å². The van der Waals surface area contributed by atoms with Crippen LogP contribution < -0.4 is 10.1 Å². The van der Waals surface area contributed by atoms with E-state index in [1.54, 1.807) is 7.11 Å². The van der Waals surface area contributed by atoms with Gasteiger partial charge in [-0.25, -0.2) is 0 Å². The molecule has 0 aromatic heterocycles. The highest BCUT2D eigenvalue weighted by Crippen LogP contribution is 2.29. The Bertz CT molecular complexity index is 421. The maximum absolute atomic E-state index is 12.1. The van der Waals surface area contributed by atoms with Crippen LogP contribution in [0.2, 0.25) is 0 Å². The zero-order chi connectivity index (χ0) is 13.8. The molecule has 104 valence electrons. The third kappa shape index (κ3) is 3.28. The molecule has 2 rings (SSSR count). The van der Waals surface area contributed by atoms with Gasteiger partial charge in [-0.05, 0) is 36.5 Å². The van der Waals surface area contributed by atoms with E-state index in [1.807, 2.05) is 24.3 Å². The van der Waals surface area contributed by atoms with Gasteiger partial charge in [0.15, 0.2) is 0 Å². The Labute approximate surface area is 115 Å². The number of ether oxygens (including phenoxy) is 1. The molecule has 1 aliphatic rings. The second-order valence-electron chi connectivity index (χ2n) is 5.63. The van der Waals surface area contributed by atoms with Crippen LogP contribution in [0.4, 0.5) is 0 Å². The van der Waals surface area contributed by atoms with Crippen LogP contribution in [-0.2, 0) is 4.79 Å². The van der Waals surface area contributed by atoms with E-state index in [0.717, 1.165) is 24.2 Å². The molecule has 1 atom stereocenters. The lowest BCUT2D eigenvalue weighted by atomic mass is 9.84. The van der Waals surface area contributed by atoms with Gasteiger partial charge in [-0.1, -0.05) is 32.4 Å². The van der Waals surface area contributed by atoms with Crippen LogP contribution >= 0.6 is 0 Å². The van der Waals surface area contributed by atoms with Crippen molar-refractivity contribution in [1.82, 2.24) is 5.32 Å². The van der Waals surface area contributed by atoms with Crippen LogP contribution in [0, 0.1) is 11.8 Å². The summed E-state index contributed by atoms with van der Waals surface area (Å²) in [5.41, 5.74) is 1.14. The molecule has 1 amide bonds. The van der Waals surface area contributed by atoms with Crippen molar-refractivity contribution in [1.29, 1.82) is 0 Å². The third-order valence-electron chi connectivity index (χ3n) is 3.92. The zero-order valence-corrected chi connectivity index (χ0v) is 12.0. The highest BCUT2D eigenvalue weighted by atomic mass is 16.5. The molecule has 0 bridgehead atoms. The summed E-state index contributed by atoms with van der Waals surface area (Å²) < 4.78 is 5.17. The van der Waals surface area contributed by atoms with Crippen molar-refractivity contribution in [2.24, 2.45) is 11.8 Å². The quantitative estimate of drug-likeness (QED) is 0.883. The fourth-order valence-electron chi connectivity index (χ4n) is 2.39. The van der Waals surface area contributed by atoms with E-state index in [2.05, 4.69) is 19.2 Å². The summed E-state index contributed by atoms with van der Waals surface area (Å²) >= 11 is 0. The SMILES string of the molecule is COc1ccc(C(NC(=O)C2CCC2)C(C)C)cc1. The van der Waals surface area contributed by atoms with Gasteiger partial charge >= 0.3 is 0 Å². The lowest BCUT2D eigenvalue weighted by molar-refractivity contribution is -0.128. The van der Waals surface area contributed by atoms with E-state index in [9.17, 15) is 4.79 Å². The minimum Gasteiger partial charge on any atom is -0.497 e.